The van der Waals surface area contributed by atoms with Crippen LogP contribution in [0.1, 0.15) is 11.1 Å². The van der Waals surface area contributed by atoms with Gasteiger partial charge in [-0.1, -0.05) is 96.1 Å². The first-order valence-electron chi connectivity index (χ1n) is 22.2. The summed E-state index contributed by atoms with van der Waals surface area (Å²) in [5, 5.41) is 8.14. The molecule has 10 aromatic carbocycles. The van der Waals surface area contributed by atoms with Gasteiger partial charge in [0.05, 0.1) is 49.1 Å². The molecule has 0 unspecified atom stereocenters. The molecule has 0 fully saturated rings. The average molecular weight is 1040 g/mol. The lowest BCUT2D eigenvalue weighted by molar-refractivity contribution is 0.414. The largest absolute Gasteiger partial charge is 0.744 e. The van der Waals surface area contributed by atoms with Gasteiger partial charge in [0.15, 0.2) is 19.6 Å². The second-order valence-electron chi connectivity index (χ2n) is 15.9. The summed E-state index contributed by atoms with van der Waals surface area (Å²) < 4.78 is 83.2. The summed E-state index contributed by atoms with van der Waals surface area (Å²) in [6.45, 7) is 3.64. The van der Waals surface area contributed by atoms with Crippen molar-refractivity contribution in [3.8, 4) is 23.0 Å². The van der Waals surface area contributed by atoms with E-state index in [1.54, 1.807) is 52.7 Å². The second kappa shape index (κ2) is 25.4. The highest BCUT2D eigenvalue weighted by Gasteiger charge is 2.29. The zero-order chi connectivity index (χ0) is 51.8. The SMILES string of the molecule is COc1ccc([S+](c2ccc(OC)cc2)c2ccc(OC)cc2)cc1.COc1ccc([SH2+])cc1.Cc1ccc(S(=O)(=O)[O-])cc1.Cc1ccc(S(=O)(=O)[O-])cc1.c1cc2ccc3cccc4ccc(c1)c2c34. The van der Waals surface area contributed by atoms with Gasteiger partial charge in [-0.05, 0) is 180 Å². The minimum absolute atomic E-state index is 0.178. The van der Waals surface area contributed by atoms with Crippen molar-refractivity contribution in [2.45, 2.75) is 43.2 Å². The summed E-state index contributed by atoms with van der Waals surface area (Å²) >= 11 is 3.37. The molecule has 0 atom stereocenters. The van der Waals surface area contributed by atoms with Gasteiger partial charge in [-0.3, -0.25) is 0 Å². The summed E-state index contributed by atoms with van der Waals surface area (Å²) in [5.74, 6) is 3.46. The molecule has 72 heavy (non-hydrogen) atoms. The smallest absolute Gasteiger partial charge is 0.166 e. The van der Waals surface area contributed by atoms with Crippen LogP contribution < -0.4 is 18.9 Å². The fourth-order valence-electron chi connectivity index (χ4n) is 7.21. The van der Waals surface area contributed by atoms with E-state index < -0.39 is 20.2 Å². The maximum absolute atomic E-state index is 10.4. The molecule has 0 spiro atoms. The molecule has 10 rings (SSSR count). The minimum atomic E-state index is -4.27. The number of benzene rings is 10. The maximum atomic E-state index is 10.4. The number of ether oxygens (including phenoxy) is 4. The minimum Gasteiger partial charge on any atom is -0.744 e. The lowest BCUT2D eigenvalue weighted by Crippen LogP contribution is -2.05. The van der Waals surface area contributed by atoms with Gasteiger partial charge >= 0.3 is 0 Å². The van der Waals surface area contributed by atoms with Crippen LogP contribution >= 0.6 is 0 Å². The number of rotatable bonds is 9. The van der Waals surface area contributed by atoms with E-state index in [0.717, 1.165) is 39.0 Å². The van der Waals surface area contributed by atoms with Crippen LogP contribution in [0.4, 0.5) is 0 Å². The normalized spacial score (nSPS) is 10.9. The van der Waals surface area contributed by atoms with Gasteiger partial charge < -0.3 is 28.1 Å². The van der Waals surface area contributed by atoms with Crippen molar-refractivity contribution in [3.05, 3.63) is 217 Å². The number of hydrogen-bond acceptors (Lipinski definition) is 10. The van der Waals surface area contributed by atoms with Crippen molar-refractivity contribution < 1.29 is 44.9 Å². The molecule has 0 heterocycles. The number of aryl methyl sites for hydroxylation is 2. The molecule has 10 aromatic rings. The molecule has 0 saturated heterocycles. The number of hydrogen-bond donors (Lipinski definition) is 0. The zero-order valence-electron chi connectivity index (χ0n) is 40.4. The first kappa shape index (κ1) is 54.3. The van der Waals surface area contributed by atoms with E-state index in [1.807, 2.05) is 74.5 Å². The Hall–Kier alpha value is -7.04. The molecule has 10 nitrogen and oxygen atoms in total. The summed E-state index contributed by atoms with van der Waals surface area (Å²) in [6, 6.07) is 65.9. The topological polar surface area (TPSA) is 151 Å². The zero-order valence-corrected chi connectivity index (χ0v) is 43.9. The van der Waals surface area contributed by atoms with Crippen molar-refractivity contribution in [2.75, 3.05) is 28.4 Å². The molecular formula is C58H54O10S4. The predicted molar refractivity (Wildman–Crippen MR) is 291 cm³/mol. The maximum Gasteiger partial charge on any atom is 0.166 e. The van der Waals surface area contributed by atoms with Crippen LogP contribution in [0.25, 0.3) is 32.3 Å². The van der Waals surface area contributed by atoms with Gasteiger partial charge in [0, 0.05) is 0 Å². The van der Waals surface area contributed by atoms with E-state index in [-0.39, 0.29) is 20.7 Å². The molecule has 0 aliphatic rings. The van der Waals surface area contributed by atoms with Crippen LogP contribution in [0, 0.1) is 13.8 Å². The molecule has 14 heteroatoms. The highest BCUT2D eigenvalue weighted by atomic mass is 32.2. The van der Waals surface area contributed by atoms with Crippen molar-refractivity contribution in [3.63, 3.8) is 0 Å². The van der Waals surface area contributed by atoms with Gasteiger partial charge in [0.1, 0.15) is 43.2 Å². The van der Waals surface area contributed by atoms with Crippen LogP contribution in [-0.4, -0.2) is 54.4 Å². The molecule has 0 radical (unpaired) electrons. The third kappa shape index (κ3) is 15.0. The second-order valence-corrected chi connectivity index (χ2v) is 21.2. The van der Waals surface area contributed by atoms with Crippen LogP contribution in [0.2, 0.25) is 0 Å². The fraction of sp³-hybridized carbons (Fsp3) is 0.103. The summed E-state index contributed by atoms with van der Waals surface area (Å²) in [6.07, 6.45) is 0. The molecule has 0 aliphatic carbocycles. The van der Waals surface area contributed by atoms with Gasteiger partial charge in [0.25, 0.3) is 0 Å². The highest BCUT2D eigenvalue weighted by molar-refractivity contribution is 7.97. The lowest BCUT2D eigenvalue weighted by Gasteiger charge is -2.10. The number of methoxy groups -OCH3 is 4. The third-order valence-electron chi connectivity index (χ3n) is 11.0. The Morgan fingerprint density at radius 3 is 0.847 bits per heavy atom. The predicted octanol–water partition coefficient (Wildman–Crippen LogP) is 12.3. The third-order valence-corrected chi connectivity index (χ3v) is 15.3. The molecular weight excluding hydrogens is 985 g/mol. The standard InChI is InChI=1S/C21H21O3S.C16H10.2C7H8O3S.C7H8OS/c1-22-16-4-10-19(11-5-16)25(20-12-6-17(23-2)7-13-20)21-14-8-18(24-3)9-15-21;1-3-11-7-9-13-5-2-6-14-10-8-12(4-1)15(11)16(13)14;2*1-6-2-4-7(5-3-6)11(8,9)10;1-8-6-2-4-7(9)5-3-6/h4-15H,1-3H3;1-10H;2*2-5H,1H3,(H,8,9,10);2-5,9H,1H3/q+1;;;;/p-1. The van der Waals surface area contributed by atoms with Crippen molar-refractivity contribution >= 4 is 76.1 Å². The van der Waals surface area contributed by atoms with E-state index >= 15 is 0 Å². The molecule has 0 amide bonds. The van der Waals surface area contributed by atoms with Crippen molar-refractivity contribution in [2.24, 2.45) is 0 Å². The molecule has 0 aliphatic heterocycles. The van der Waals surface area contributed by atoms with E-state index in [2.05, 4.69) is 110 Å². The summed E-state index contributed by atoms with van der Waals surface area (Å²) in [5.41, 5.74) is 1.86. The average Bonchev–Trinajstić information content (AvgIpc) is 3.39. The fourth-order valence-corrected chi connectivity index (χ4v) is 10.4. The van der Waals surface area contributed by atoms with Crippen molar-refractivity contribution in [1.29, 1.82) is 0 Å². The Kier molecular flexibility index (Phi) is 19.1. The van der Waals surface area contributed by atoms with Crippen LogP contribution in [-0.2, 0) is 43.8 Å². The van der Waals surface area contributed by atoms with Gasteiger partial charge in [0.2, 0.25) is 0 Å². The van der Waals surface area contributed by atoms with E-state index in [1.165, 1.54) is 71.3 Å². The van der Waals surface area contributed by atoms with Gasteiger partial charge in [-0.2, -0.15) is 0 Å². The first-order valence-corrected chi connectivity index (χ1v) is 26.7. The van der Waals surface area contributed by atoms with Gasteiger partial charge in [-0.15, -0.1) is 0 Å². The van der Waals surface area contributed by atoms with E-state index in [9.17, 15) is 25.9 Å². The first-order chi connectivity index (χ1) is 34.5. The summed E-state index contributed by atoms with van der Waals surface area (Å²) in [7, 11) is -2.05. The Balaban J connectivity index is 0.000000156. The highest BCUT2D eigenvalue weighted by Crippen LogP contribution is 2.35. The van der Waals surface area contributed by atoms with Crippen LogP contribution in [0.5, 0.6) is 23.0 Å². The Labute approximate surface area is 430 Å². The quantitative estimate of drug-likeness (QED) is 0.0776. The Morgan fingerprint density at radius 1 is 0.361 bits per heavy atom. The molecule has 0 N–H and O–H groups in total. The molecule has 0 bridgehead atoms. The molecule has 0 aromatic heterocycles. The lowest BCUT2D eigenvalue weighted by atomic mass is 9.95. The Bertz CT molecular complexity index is 3180. The van der Waals surface area contributed by atoms with Crippen molar-refractivity contribution in [1.82, 2.24) is 0 Å². The summed E-state index contributed by atoms with van der Waals surface area (Å²) in [4.78, 5) is 4.41. The van der Waals surface area contributed by atoms with E-state index in [0.29, 0.717) is 0 Å². The molecule has 0 saturated carbocycles. The molecule has 370 valence electrons. The van der Waals surface area contributed by atoms with E-state index in [4.69, 9.17) is 18.9 Å². The monoisotopic (exact) mass is 1040 g/mol. The van der Waals surface area contributed by atoms with Crippen LogP contribution in [0.15, 0.2) is 236 Å². The van der Waals surface area contributed by atoms with Crippen LogP contribution in [0.3, 0.4) is 0 Å². The Morgan fingerprint density at radius 2 is 0.611 bits per heavy atom. The van der Waals surface area contributed by atoms with Gasteiger partial charge in [-0.25, -0.2) is 16.8 Å².